The molecule has 0 aliphatic carbocycles. The number of benzene rings is 2. The molecule has 0 saturated carbocycles. The Morgan fingerprint density at radius 3 is 2.47 bits per heavy atom. The largest absolute Gasteiger partial charge is 0.489 e. The minimum absolute atomic E-state index is 0.117. The molecule has 0 radical (unpaired) electrons. The van der Waals surface area contributed by atoms with E-state index in [0.717, 1.165) is 12.8 Å². The molecular formula is C25H32O5. The molecule has 2 rings (SSSR count). The Morgan fingerprint density at radius 1 is 1.07 bits per heavy atom. The molecule has 0 unspecified atom stereocenters. The van der Waals surface area contributed by atoms with Gasteiger partial charge in [0.15, 0.2) is 0 Å². The molecule has 0 N–H and O–H groups in total. The first-order valence-electron chi connectivity index (χ1n) is 11.3. The number of unbranched alkanes of at least 4 members (excludes halogenated alkanes) is 1. The van der Waals surface area contributed by atoms with E-state index in [9.17, 15) is 9.59 Å². The molecule has 0 aliphatic heterocycles. The Labute approximate surface area is 182 Å². The van der Waals surface area contributed by atoms with Crippen LogP contribution in [0.2, 0.25) is 0 Å². The first-order chi connectivity index (χ1) is 15.0. The average Bonchev–Trinajstić information content (AvgIpc) is 2.71. The molecule has 0 bridgehead atoms. The van der Waals surface area contributed by atoms with Crippen molar-refractivity contribution >= 4 is 11.9 Å². The third-order valence-corrected chi connectivity index (χ3v) is 4.12. The molecule has 0 amide bonds. The van der Waals surface area contributed by atoms with Gasteiger partial charge in [0.05, 0.1) is 14.9 Å². The van der Waals surface area contributed by atoms with Crippen LogP contribution < -0.4 is 4.74 Å². The molecule has 0 heterocycles. The van der Waals surface area contributed by atoms with Crippen LogP contribution in [0.3, 0.4) is 0 Å². The Balaban J connectivity index is 2.27. The molecule has 0 spiro atoms. The van der Waals surface area contributed by atoms with Crippen LogP contribution in [0.25, 0.3) is 0 Å². The number of aryl methyl sites for hydroxylation is 1. The van der Waals surface area contributed by atoms with E-state index in [1.54, 1.807) is 57.2 Å². The molecular weight excluding hydrogens is 380 g/mol. The van der Waals surface area contributed by atoms with Gasteiger partial charge in [-0.15, -0.1) is 0 Å². The van der Waals surface area contributed by atoms with Crippen LogP contribution in [0, 0.1) is 0 Å². The summed E-state index contributed by atoms with van der Waals surface area (Å²) in [6.45, 7) is 5.51. The number of ether oxygens (including phenoxy) is 3. The minimum atomic E-state index is -2.17. The normalized spacial score (nSPS) is 12.5. The third kappa shape index (κ3) is 8.27. The monoisotopic (exact) mass is 414 g/mol. The highest BCUT2D eigenvalue weighted by atomic mass is 16.6. The lowest BCUT2D eigenvalue weighted by Gasteiger charge is -2.21. The van der Waals surface area contributed by atoms with Crippen LogP contribution in [0.1, 0.15) is 71.2 Å². The van der Waals surface area contributed by atoms with Gasteiger partial charge in [0.1, 0.15) is 17.9 Å². The van der Waals surface area contributed by atoms with Crippen molar-refractivity contribution in [3.05, 3.63) is 65.2 Å². The summed E-state index contributed by atoms with van der Waals surface area (Å²) in [6.07, 6.45) is 2.14. The predicted molar refractivity (Wildman–Crippen MR) is 117 cm³/mol. The maximum atomic E-state index is 12.9. The van der Waals surface area contributed by atoms with Gasteiger partial charge >= 0.3 is 11.9 Å². The van der Waals surface area contributed by atoms with Crippen molar-refractivity contribution in [3.8, 4) is 5.75 Å². The first-order valence-corrected chi connectivity index (χ1v) is 10.3. The number of hydrogen-bond acceptors (Lipinski definition) is 5. The van der Waals surface area contributed by atoms with E-state index in [2.05, 4.69) is 0 Å². The second kappa shape index (κ2) is 11.4. The number of para-hydroxylation sites is 1. The number of carbonyl (C=O) groups excluding carboxylic acids is 2. The van der Waals surface area contributed by atoms with E-state index in [0.29, 0.717) is 17.9 Å². The Hall–Kier alpha value is -2.82. The van der Waals surface area contributed by atoms with Gasteiger partial charge in [-0.05, 0) is 62.9 Å². The summed E-state index contributed by atoms with van der Waals surface area (Å²) in [4.78, 5) is 24.9. The maximum Gasteiger partial charge on any atom is 0.338 e. The second-order valence-corrected chi connectivity index (χ2v) is 7.97. The van der Waals surface area contributed by atoms with Crippen molar-refractivity contribution in [2.24, 2.45) is 0 Å². The van der Waals surface area contributed by atoms with Gasteiger partial charge in [0.25, 0.3) is 0 Å². The molecule has 2 aromatic carbocycles. The van der Waals surface area contributed by atoms with Crippen LogP contribution in [0.15, 0.2) is 48.5 Å². The zero-order valence-corrected chi connectivity index (χ0v) is 18.2. The van der Waals surface area contributed by atoms with Crippen molar-refractivity contribution in [2.75, 3.05) is 6.61 Å². The molecule has 5 heteroatoms. The summed E-state index contributed by atoms with van der Waals surface area (Å²) in [5, 5.41) is 0. The third-order valence-electron chi connectivity index (χ3n) is 4.12. The summed E-state index contributed by atoms with van der Waals surface area (Å²) in [7, 11) is 0. The number of carbonyl (C=O) groups is 2. The molecule has 0 fully saturated rings. The number of hydrogen-bond donors (Lipinski definition) is 0. The molecule has 0 atom stereocenters. The van der Waals surface area contributed by atoms with Gasteiger partial charge in [-0.1, -0.05) is 43.7 Å². The van der Waals surface area contributed by atoms with Crippen molar-refractivity contribution in [1.82, 2.24) is 0 Å². The zero-order valence-electron chi connectivity index (χ0n) is 20.2. The van der Waals surface area contributed by atoms with Crippen molar-refractivity contribution in [3.63, 3.8) is 0 Å². The van der Waals surface area contributed by atoms with E-state index in [4.69, 9.17) is 17.0 Å². The van der Waals surface area contributed by atoms with Crippen LogP contribution >= 0.6 is 0 Å². The first kappa shape index (κ1) is 20.5. The Kier molecular flexibility index (Phi) is 7.76. The minimum Gasteiger partial charge on any atom is -0.489 e. The summed E-state index contributed by atoms with van der Waals surface area (Å²) < 4.78 is 33.0. The fourth-order valence-corrected chi connectivity index (χ4v) is 2.63. The van der Waals surface area contributed by atoms with E-state index >= 15 is 0 Å². The van der Waals surface area contributed by atoms with Gasteiger partial charge in [-0.3, -0.25) is 4.79 Å². The summed E-state index contributed by atoms with van der Waals surface area (Å²) in [6, 6.07) is 13.3. The molecule has 2 aromatic rings. The lowest BCUT2D eigenvalue weighted by Crippen LogP contribution is -2.25. The zero-order chi connectivity index (χ0) is 23.8. The maximum absolute atomic E-state index is 12.9. The fraction of sp³-hybridized carbons (Fsp3) is 0.440. The molecule has 0 aromatic heterocycles. The molecule has 162 valence electrons. The van der Waals surface area contributed by atoms with Gasteiger partial charge in [0, 0.05) is 6.42 Å². The number of esters is 2. The fourth-order valence-electron chi connectivity index (χ4n) is 2.63. The van der Waals surface area contributed by atoms with Crippen LogP contribution in [-0.4, -0.2) is 24.1 Å². The Bertz CT molecular complexity index is 904. The van der Waals surface area contributed by atoms with Crippen LogP contribution in [0.4, 0.5) is 0 Å². The topological polar surface area (TPSA) is 61.8 Å². The van der Waals surface area contributed by atoms with Gasteiger partial charge < -0.3 is 14.2 Å². The Morgan fingerprint density at radius 2 is 1.80 bits per heavy atom. The molecule has 5 nitrogen and oxygen atoms in total. The predicted octanol–water partition coefficient (Wildman–Crippen LogP) is 5.50. The van der Waals surface area contributed by atoms with E-state index in [1.165, 1.54) is 6.07 Å². The van der Waals surface area contributed by atoms with E-state index < -0.39 is 18.1 Å². The van der Waals surface area contributed by atoms with E-state index in [1.807, 2.05) is 13.0 Å². The van der Waals surface area contributed by atoms with Gasteiger partial charge in [0.2, 0.25) is 0 Å². The van der Waals surface area contributed by atoms with Gasteiger partial charge in [-0.25, -0.2) is 4.79 Å². The van der Waals surface area contributed by atoms with Crippen LogP contribution in [0.5, 0.6) is 5.75 Å². The lowest BCUT2D eigenvalue weighted by molar-refractivity contribution is -0.143. The average molecular weight is 415 g/mol. The second-order valence-electron chi connectivity index (χ2n) is 7.97. The highest BCUT2D eigenvalue weighted by Gasteiger charge is 2.21. The SMILES string of the molecule is [2H]C([2H])(Oc1ccccc1)c1ccc(CCC(=O)OCCCC)c(C(=O)OC(C)(C)C)c1. The molecule has 0 aliphatic rings. The van der Waals surface area contributed by atoms with Crippen molar-refractivity contribution < 1.29 is 26.5 Å². The smallest absolute Gasteiger partial charge is 0.338 e. The molecule has 30 heavy (non-hydrogen) atoms. The highest BCUT2D eigenvalue weighted by molar-refractivity contribution is 5.91. The van der Waals surface area contributed by atoms with Gasteiger partial charge in [-0.2, -0.15) is 0 Å². The molecule has 0 saturated heterocycles. The van der Waals surface area contributed by atoms with Crippen molar-refractivity contribution in [2.45, 2.75) is 65.5 Å². The highest BCUT2D eigenvalue weighted by Crippen LogP contribution is 2.20. The lowest BCUT2D eigenvalue weighted by atomic mass is 10.00. The van der Waals surface area contributed by atoms with Crippen molar-refractivity contribution in [1.29, 1.82) is 0 Å². The standard InChI is InChI=1S/C25H32O5/c1-5-6-16-28-23(26)15-14-20-13-12-19(18-29-21-10-8-7-9-11-21)17-22(20)24(27)30-25(2,3)4/h7-13,17H,5-6,14-16,18H2,1-4H3/i18D2. The summed E-state index contributed by atoms with van der Waals surface area (Å²) in [5.41, 5.74) is 0.255. The summed E-state index contributed by atoms with van der Waals surface area (Å²) >= 11 is 0. The quantitative estimate of drug-likeness (QED) is 0.380. The van der Waals surface area contributed by atoms with Crippen LogP contribution in [-0.2, 0) is 27.2 Å². The number of rotatable bonds is 10. The summed E-state index contributed by atoms with van der Waals surface area (Å²) in [5.74, 6) is -0.542. The van der Waals surface area contributed by atoms with E-state index in [-0.39, 0.29) is 29.9 Å².